The average molecular weight is 262 g/mol. The Balaban J connectivity index is 1.66. The normalized spacial score (nSPS) is 32.9. The van der Waals surface area contributed by atoms with Crippen molar-refractivity contribution in [2.45, 2.75) is 44.7 Å². The SMILES string of the molecule is CC(N)C(c1ccco1)N(C)CC1CC2CCC1C2. The van der Waals surface area contributed by atoms with E-state index < -0.39 is 0 Å². The fourth-order valence-corrected chi connectivity index (χ4v) is 4.42. The summed E-state index contributed by atoms with van der Waals surface area (Å²) in [4.78, 5) is 2.41. The molecule has 3 rings (SSSR count). The third kappa shape index (κ3) is 2.59. The van der Waals surface area contributed by atoms with Gasteiger partial charge in [0.25, 0.3) is 0 Å². The van der Waals surface area contributed by atoms with Gasteiger partial charge in [0, 0.05) is 12.6 Å². The number of rotatable bonds is 5. The van der Waals surface area contributed by atoms with Gasteiger partial charge in [-0.2, -0.15) is 0 Å². The van der Waals surface area contributed by atoms with Crippen molar-refractivity contribution < 1.29 is 4.42 Å². The lowest BCUT2D eigenvalue weighted by Gasteiger charge is -2.33. The molecule has 0 aromatic carbocycles. The molecule has 1 heterocycles. The number of likely N-dealkylation sites (N-methyl/N-ethyl adjacent to an activating group) is 1. The summed E-state index contributed by atoms with van der Waals surface area (Å²) in [5, 5.41) is 0. The lowest BCUT2D eigenvalue weighted by molar-refractivity contribution is 0.142. The standard InChI is InChI=1S/C16H26N2O/c1-11(17)16(15-4-3-7-19-15)18(2)10-14-9-12-5-6-13(14)8-12/h3-4,7,11-14,16H,5-6,8-10,17H2,1-2H3. The van der Waals surface area contributed by atoms with Crippen LogP contribution in [0.3, 0.4) is 0 Å². The van der Waals surface area contributed by atoms with Crippen LogP contribution < -0.4 is 5.73 Å². The lowest BCUT2D eigenvalue weighted by atomic mass is 9.88. The lowest BCUT2D eigenvalue weighted by Crippen LogP contribution is -2.40. The van der Waals surface area contributed by atoms with E-state index in [4.69, 9.17) is 10.2 Å². The van der Waals surface area contributed by atoms with Gasteiger partial charge >= 0.3 is 0 Å². The highest BCUT2D eigenvalue weighted by molar-refractivity contribution is 5.07. The first-order valence-electron chi connectivity index (χ1n) is 7.64. The highest BCUT2D eigenvalue weighted by atomic mass is 16.3. The van der Waals surface area contributed by atoms with E-state index in [1.54, 1.807) is 6.26 Å². The van der Waals surface area contributed by atoms with Crippen LogP contribution in [0.2, 0.25) is 0 Å². The number of fused-ring (bicyclic) bond motifs is 2. The molecule has 2 fully saturated rings. The fourth-order valence-electron chi connectivity index (χ4n) is 4.42. The quantitative estimate of drug-likeness (QED) is 0.887. The van der Waals surface area contributed by atoms with Gasteiger partial charge in [0.15, 0.2) is 0 Å². The first-order valence-corrected chi connectivity index (χ1v) is 7.64. The van der Waals surface area contributed by atoms with E-state index >= 15 is 0 Å². The van der Waals surface area contributed by atoms with Crippen LogP contribution in [-0.4, -0.2) is 24.5 Å². The van der Waals surface area contributed by atoms with Crippen LogP contribution in [0.25, 0.3) is 0 Å². The summed E-state index contributed by atoms with van der Waals surface area (Å²) in [7, 11) is 2.20. The summed E-state index contributed by atoms with van der Waals surface area (Å²) in [5.74, 6) is 3.86. The van der Waals surface area contributed by atoms with E-state index in [0.717, 1.165) is 30.1 Å². The topological polar surface area (TPSA) is 42.4 Å². The summed E-state index contributed by atoms with van der Waals surface area (Å²) in [6, 6.07) is 4.30. The Morgan fingerprint density at radius 2 is 2.26 bits per heavy atom. The molecule has 5 atom stereocenters. The van der Waals surface area contributed by atoms with E-state index in [1.807, 2.05) is 12.1 Å². The van der Waals surface area contributed by atoms with E-state index in [-0.39, 0.29) is 12.1 Å². The Labute approximate surface area is 116 Å². The van der Waals surface area contributed by atoms with Gasteiger partial charge < -0.3 is 10.2 Å². The maximum absolute atomic E-state index is 6.18. The molecule has 2 saturated carbocycles. The minimum Gasteiger partial charge on any atom is -0.468 e. The Morgan fingerprint density at radius 3 is 2.79 bits per heavy atom. The third-order valence-electron chi connectivity index (χ3n) is 5.21. The number of hydrogen-bond donors (Lipinski definition) is 1. The molecule has 0 amide bonds. The second-order valence-electron chi connectivity index (χ2n) is 6.69. The van der Waals surface area contributed by atoms with Crippen molar-refractivity contribution in [3.8, 4) is 0 Å². The predicted octanol–water partition coefficient (Wildman–Crippen LogP) is 3.04. The van der Waals surface area contributed by atoms with Crippen molar-refractivity contribution in [3.63, 3.8) is 0 Å². The van der Waals surface area contributed by atoms with Crippen LogP contribution >= 0.6 is 0 Å². The van der Waals surface area contributed by atoms with Crippen LogP contribution in [0, 0.1) is 17.8 Å². The molecule has 19 heavy (non-hydrogen) atoms. The van der Waals surface area contributed by atoms with Gasteiger partial charge in [-0.15, -0.1) is 0 Å². The van der Waals surface area contributed by atoms with Crippen molar-refractivity contribution in [2.24, 2.45) is 23.5 Å². The molecule has 1 aromatic heterocycles. The molecule has 2 bridgehead atoms. The van der Waals surface area contributed by atoms with Crippen molar-refractivity contribution >= 4 is 0 Å². The van der Waals surface area contributed by atoms with E-state index in [1.165, 1.54) is 25.7 Å². The molecule has 3 nitrogen and oxygen atoms in total. The molecule has 5 unspecified atom stereocenters. The maximum atomic E-state index is 6.18. The van der Waals surface area contributed by atoms with Gasteiger partial charge in [-0.3, -0.25) is 4.90 Å². The number of nitrogens with two attached hydrogens (primary N) is 1. The number of furan rings is 1. The molecule has 1 aromatic rings. The second kappa shape index (κ2) is 5.29. The molecule has 3 heteroatoms. The van der Waals surface area contributed by atoms with E-state index in [0.29, 0.717) is 0 Å². The molecule has 0 spiro atoms. The smallest absolute Gasteiger partial charge is 0.122 e. The molecule has 0 saturated heterocycles. The summed E-state index contributed by atoms with van der Waals surface area (Å²) in [6.45, 7) is 3.23. The van der Waals surface area contributed by atoms with Crippen molar-refractivity contribution in [1.82, 2.24) is 4.90 Å². The minimum atomic E-state index is 0.0924. The van der Waals surface area contributed by atoms with Gasteiger partial charge in [0.1, 0.15) is 5.76 Å². The monoisotopic (exact) mass is 262 g/mol. The predicted molar refractivity (Wildman–Crippen MR) is 76.7 cm³/mol. The summed E-state index contributed by atoms with van der Waals surface area (Å²) >= 11 is 0. The molecule has 2 aliphatic rings. The Morgan fingerprint density at radius 1 is 1.42 bits per heavy atom. The van der Waals surface area contributed by atoms with Gasteiger partial charge in [-0.05, 0) is 63.1 Å². The van der Waals surface area contributed by atoms with Crippen LogP contribution in [0.15, 0.2) is 22.8 Å². The molecule has 2 aliphatic carbocycles. The first kappa shape index (κ1) is 13.2. The molecular formula is C16H26N2O. The van der Waals surface area contributed by atoms with Gasteiger partial charge in [-0.1, -0.05) is 6.42 Å². The minimum absolute atomic E-state index is 0.0924. The number of nitrogens with zero attached hydrogens (tertiary/aromatic N) is 1. The van der Waals surface area contributed by atoms with Crippen LogP contribution in [0.5, 0.6) is 0 Å². The van der Waals surface area contributed by atoms with Crippen molar-refractivity contribution in [3.05, 3.63) is 24.2 Å². The Hall–Kier alpha value is -0.800. The highest BCUT2D eigenvalue weighted by Gasteiger charge is 2.40. The van der Waals surface area contributed by atoms with Crippen LogP contribution in [0.1, 0.15) is 44.4 Å². The van der Waals surface area contributed by atoms with Gasteiger partial charge in [0.2, 0.25) is 0 Å². The zero-order valence-electron chi connectivity index (χ0n) is 12.1. The molecule has 0 radical (unpaired) electrons. The van der Waals surface area contributed by atoms with E-state index in [9.17, 15) is 0 Å². The molecule has 106 valence electrons. The number of hydrogen-bond acceptors (Lipinski definition) is 3. The van der Waals surface area contributed by atoms with Crippen molar-refractivity contribution in [1.29, 1.82) is 0 Å². The fraction of sp³-hybridized carbons (Fsp3) is 0.750. The maximum Gasteiger partial charge on any atom is 0.122 e. The molecular weight excluding hydrogens is 236 g/mol. The summed E-state index contributed by atoms with van der Waals surface area (Å²) in [5.41, 5.74) is 6.18. The largest absolute Gasteiger partial charge is 0.468 e. The Kier molecular flexibility index (Phi) is 3.68. The van der Waals surface area contributed by atoms with Crippen LogP contribution in [-0.2, 0) is 0 Å². The zero-order valence-corrected chi connectivity index (χ0v) is 12.1. The summed E-state index contributed by atoms with van der Waals surface area (Å²) < 4.78 is 5.58. The highest BCUT2D eigenvalue weighted by Crippen LogP contribution is 2.48. The molecule has 0 aliphatic heterocycles. The second-order valence-corrected chi connectivity index (χ2v) is 6.69. The van der Waals surface area contributed by atoms with Gasteiger partial charge in [-0.25, -0.2) is 0 Å². The summed E-state index contributed by atoms with van der Waals surface area (Å²) in [6.07, 6.45) is 7.57. The van der Waals surface area contributed by atoms with Gasteiger partial charge in [0.05, 0.1) is 12.3 Å². The molecule has 2 N–H and O–H groups in total. The zero-order chi connectivity index (χ0) is 13.4. The van der Waals surface area contributed by atoms with Crippen LogP contribution in [0.4, 0.5) is 0 Å². The average Bonchev–Trinajstić information content (AvgIpc) is 3.04. The third-order valence-corrected chi connectivity index (χ3v) is 5.21. The first-order chi connectivity index (χ1) is 9.15. The van der Waals surface area contributed by atoms with E-state index in [2.05, 4.69) is 18.9 Å². The van der Waals surface area contributed by atoms with Crippen molar-refractivity contribution in [2.75, 3.05) is 13.6 Å². The Bertz CT molecular complexity index is 401.